The van der Waals surface area contributed by atoms with Gasteiger partial charge >= 0.3 is 0 Å². The van der Waals surface area contributed by atoms with Gasteiger partial charge in [-0.3, -0.25) is 5.41 Å². The molecule has 0 saturated carbocycles. The van der Waals surface area contributed by atoms with E-state index in [-0.39, 0.29) is 5.90 Å². The second-order valence-corrected chi connectivity index (χ2v) is 1.69. The summed E-state index contributed by atoms with van der Waals surface area (Å²) >= 11 is 0. The number of allylic oxidation sites excluding steroid dienone is 1. The molecule has 0 bridgehead atoms. The van der Waals surface area contributed by atoms with Crippen LogP contribution in [0.1, 0.15) is 27.7 Å². The Morgan fingerprint density at radius 2 is 2.00 bits per heavy atom. The first-order valence-corrected chi connectivity index (χ1v) is 3.82. The van der Waals surface area contributed by atoms with Gasteiger partial charge in [0.1, 0.15) is 0 Å². The van der Waals surface area contributed by atoms with E-state index in [4.69, 9.17) is 15.9 Å². The van der Waals surface area contributed by atoms with Gasteiger partial charge < -0.3 is 10.5 Å². The number of hydrogen-bond donors (Lipinski definition) is 2. The van der Waals surface area contributed by atoms with Gasteiger partial charge in [-0.25, -0.2) is 0 Å². The van der Waals surface area contributed by atoms with Crippen molar-refractivity contribution in [3.63, 3.8) is 0 Å². The molecule has 0 aliphatic heterocycles. The molecular weight excluding hydrogens is 140 g/mol. The zero-order chi connectivity index (χ0) is 9.28. The molecule has 0 aromatic rings. The number of hydrogen-bond acceptors (Lipinski definition) is 3. The summed E-state index contributed by atoms with van der Waals surface area (Å²) in [5.74, 6) is 0.123. The van der Waals surface area contributed by atoms with Gasteiger partial charge in [-0.15, -0.1) is 0 Å². The van der Waals surface area contributed by atoms with Crippen molar-refractivity contribution in [2.24, 2.45) is 5.73 Å². The highest BCUT2D eigenvalue weighted by Gasteiger charge is 1.87. The Kier molecular flexibility index (Phi) is 10.4. The zero-order valence-corrected chi connectivity index (χ0v) is 7.77. The SMILES string of the molecule is CC.CCOC(=N)/C=C(/C)N. The van der Waals surface area contributed by atoms with E-state index in [1.165, 1.54) is 6.08 Å². The molecule has 0 heterocycles. The van der Waals surface area contributed by atoms with Gasteiger partial charge in [0.05, 0.1) is 6.61 Å². The van der Waals surface area contributed by atoms with E-state index in [1.807, 2.05) is 20.8 Å². The Bertz CT molecular complexity index is 126. The minimum Gasteiger partial charge on any atom is -0.478 e. The molecule has 0 saturated heterocycles. The summed E-state index contributed by atoms with van der Waals surface area (Å²) in [6.45, 7) is 8.06. The van der Waals surface area contributed by atoms with Crippen LogP contribution in [0.25, 0.3) is 0 Å². The smallest absolute Gasteiger partial charge is 0.207 e. The van der Waals surface area contributed by atoms with E-state index >= 15 is 0 Å². The largest absolute Gasteiger partial charge is 0.478 e. The van der Waals surface area contributed by atoms with Crippen molar-refractivity contribution in [1.29, 1.82) is 5.41 Å². The Hall–Kier alpha value is -0.990. The Balaban J connectivity index is 0. The van der Waals surface area contributed by atoms with Crippen LogP contribution in [-0.2, 0) is 4.74 Å². The van der Waals surface area contributed by atoms with Gasteiger partial charge in [-0.05, 0) is 13.8 Å². The minimum atomic E-state index is 0.123. The van der Waals surface area contributed by atoms with Gasteiger partial charge in [0.25, 0.3) is 0 Å². The third kappa shape index (κ3) is 12.3. The normalized spacial score (nSPS) is 9.64. The van der Waals surface area contributed by atoms with Crippen molar-refractivity contribution in [3.8, 4) is 0 Å². The maximum atomic E-state index is 7.04. The summed E-state index contributed by atoms with van der Waals surface area (Å²) in [4.78, 5) is 0. The van der Waals surface area contributed by atoms with Crippen LogP contribution in [0.15, 0.2) is 11.8 Å². The quantitative estimate of drug-likeness (QED) is 0.476. The van der Waals surface area contributed by atoms with Gasteiger partial charge in [0.15, 0.2) is 0 Å². The van der Waals surface area contributed by atoms with E-state index in [1.54, 1.807) is 6.92 Å². The molecule has 0 aliphatic carbocycles. The molecule has 0 fully saturated rings. The fourth-order valence-electron chi connectivity index (χ4n) is 0.404. The first kappa shape index (κ1) is 12.7. The summed E-state index contributed by atoms with van der Waals surface area (Å²) in [6.07, 6.45) is 1.48. The third-order valence-electron chi connectivity index (χ3n) is 0.659. The van der Waals surface area contributed by atoms with Crippen LogP contribution >= 0.6 is 0 Å². The molecule has 3 heteroatoms. The molecule has 0 atom stereocenters. The standard InChI is InChI=1S/C6H12N2O.C2H6/c1-3-9-6(8)4-5(2)7;1-2/h4,8H,3,7H2,1-2H3;1-2H3/b5-4-,8-6?;. The molecule has 11 heavy (non-hydrogen) atoms. The molecule has 0 amide bonds. The van der Waals surface area contributed by atoms with Crippen LogP contribution < -0.4 is 5.73 Å². The minimum absolute atomic E-state index is 0.123. The topological polar surface area (TPSA) is 59.1 Å². The van der Waals surface area contributed by atoms with Crippen molar-refractivity contribution >= 4 is 5.90 Å². The van der Waals surface area contributed by atoms with Crippen LogP contribution in [0.5, 0.6) is 0 Å². The number of ether oxygens (including phenoxy) is 1. The summed E-state index contributed by atoms with van der Waals surface area (Å²) in [7, 11) is 0. The molecule has 0 aromatic heterocycles. The van der Waals surface area contributed by atoms with E-state index in [0.717, 1.165) is 0 Å². The van der Waals surface area contributed by atoms with Crippen LogP contribution in [0.4, 0.5) is 0 Å². The Morgan fingerprint density at radius 3 is 2.27 bits per heavy atom. The van der Waals surface area contributed by atoms with E-state index in [2.05, 4.69) is 0 Å². The molecule has 0 unspecified atom stereocenters. The predicted octanol–water partition coefficient (Wildman–Crippen LogP) is 1.89. The van der Waals surface area contributed by atoms with Crippen LogP contribution in [0.3, 0.4) is 0 Å². The van der Waals surface area contributed by atoms with Crippen molar-refractivity contribution < 1.29 is 4.74 Å². The highest BCUT2D eigenvalue weighted by Crippen LogP contribution is 1.84. The molecule has 0 rings (SSSR count). The summed E-state index contributed by atoms with van der Waals surface area (Å²) in [5.41, 5.74) is 5.86. The summed E-state index contributed by atoms with van der Waals surface area (Å²) in [5, 5.41) is 7.04. The Morgan fingerprint density at radius 1 is 1.55 bits per heavy atom. The number of nitrogens with two attached hydrogens (primary N) is 1. The monoisotopic (exact) mass is 158 g/mol. The molecule has 66 valence electrons. The molecule has 3 N–H and O–H groups in total. The third-order valence-corrected chi connectivity index (χ3v) is 0.659. The van der Waals surface area contributed by atoms with Gasteiger partial charge in [0, 0.05) is 11.8 Å². The highest BCUT2D eigenvalue weighted by atomic mass is 16.5. The maximum absolute atomic E-state index is 7.04. The fraction of sp³-hybridized carbons (Fsp3) is 0.625. The van der Waals surface area contributed by atoms with Crippen molar-refractivity contribution in [3.05, 3.63) is 11.8 Å². The lowest BCUT2D eigenvalue weighted by Crippen LogP contribution is -2.02. The second-order valence-electron chi connectivity index (χ2n) is 1.69. The van der Waals surface area contributed by atoms with Crippen molar-refractivity contribution in [2.75, 3.05) is 6.61 Å². The van der Waals surface area contributed by atoms with Crippen molar-refractivity contribution in [1.82, 2.24) is 0 Å². The average Bonchev–Trinajstić information content (AvgIpc) is 1.91. The van der Waals surface area contributed by atoms with Gasteiger partial charge in [0.2, 0.25) is 5.90 Å². The van der Waals surface area contributed by atoms with Crippen LogP contribution in [0, 0.1) is 5.41 Å². The lowest BCUT2D eigenvalue weighted by atomic mass is 10.4. The predicted molar refractivity (Wildman–Crippen MR) is 48.6 cm³/mol. The Labute approximate surface area is 68.7 Å². The second kappa shape index (κ2) is 9.01. The van der Waals surface area contributed by atoms with Crippen LogP contribution in [-0.4, -0.2) is 12.5 Å². The van der Waals surface area contributed by atoms with Gasteiger partial charge in [-0.2, -0.15) is 0 Å². The lowest BCUT2D eigenvalue weighted by molar-refractivity contribution is 0.327. The first-order chi connectivity index (χ1) is 5.16. The van der Waals surface area contributed by atoms with Gasteiger partial charge in [-0.1, -0.05) is 13.8 Å². The van der Waals surface area contributed by atoms with E-state index < -0.39 is 0 Å². The van der Waals surface area contributed by atoms with Crippen LogP contribution in [0.2, 0.25) is 0 Å². The molecule has 0 aromatic carbocycles. The maximum Gasteiger partial charge on any atom is 0.207 e. The molecular formula is C8H18N2O. The first-order valence-electron chi connectivity index (χ1n) is 3.82. The highest BCUT2D eigenvalue weighted by molar-refractivity contribution is 5.85. The summed E-state index contributed by atoms with van der Waals surface area (Å²) in [6, 6.07) is 0. The lowest BCUT2D eigenvalue weighted by Gasteiger charge is -1.97. The van der Waals surface area contributed by atoms with Crippen molar-refractivity contribution in [2.45, 2.75) is 27.7 Å². The molecule has 3 nitrogen and oxygen atoms in total. The zero-order valence-electron chi connectivity index (χ0n) is 7.77. The molecule has 0 aliphatic rings. The summed E-state index contributed by atoms with van der Waals surface area (Å²) < 4.78 is 4.78. The van der Waals surface area contributed by atoms with E-state index in [0.29, 0.717) is 12.3 Å². The molecule has 0 spiro atoms. The number of rotatable bonds is 2. The molecule has 0 radical (unpaired) electrons. The average molecular weight is 158 g/mol. The van der Waals surface area contributed by atoms with E-state index in [9.17, 15) is 0 Å². The fourth-order valence-corrected chi connectivity index (χ4v) is 0.404. The number of nitrogens with one attached hydrogen (secondary N) is 1.